The van der Waals surface area contributed by atoms with E-state index in [1.165, 1.54) is 18.4 Å². The fourth-order valence-corrected chi connectivity index (χ4v) is 3.77. The van der Waals surface area contributed by atoms with Gasteiger partial charge in [0.1, 0.15) is 0 Å². The number of ether oxygens (including phenoxy) is 1. The number of halogens is 2. The van der Waals surface area contributed by atoms with Gasteiger partial charge in [-0.05, 0) is 67.7 Å². The van der Waals surface area contributed by atoms with Crippen LogP contribution >= 0.6 is 0 Å². The summed E-state index contributed by atoms with van der Waals surface area (Å²) in [4.78, 5) is 0. The lowest BCUT2D eigenvalue weighted by Gasteiger charge is -2.22. The Morgan fingerprint density at radius 1 is 0.889 bits per heavy atom. The Bertz CT molecular complexity index is 718. The highest BCUT2D eigenvalue weighted by molar-refractivity contribution is 5.65. The summed E-state index contributed by atoms with van der Waals surface area (Å²) in [5.74, 6) is -1.15. The molecule has 0 saturated heterocycles. The van der Waals surface area contributed by atoms with Gasteiger partial charge < -0.3 is 4.74 Å². The number of unbranched alkanes of at least 4 members (excludes halogenated alkanes) is 3. The molecule has 3 heteroatoms. The van der Waals surface area contributed by atoms with E-state index < -0.39 is 11.6 Å². The fraction of sp³-hybridized carbons (Fsp3) is 0.458. The van der Waals surface area contributed by atoms with Gasteiger partial charge in [0.25, 0.3) is 0 Å². The molecule has 0 N–H and O–H groups in total. The Morgan fingerprint density at radius 2 is 1.63 bits per heavy atom. The summed E-state index contributed by atoms with van der Waals surface area (Å²) in [6.07, 6.45) is 11.2. The Hall–Kier alpha value is -1.90. The lowest BCUT2D eigenvalue weighted by molar-refractivity contribution is 0.285. The van der Waals surface area contributed by atoms with Crippen LogP contribution in [0.15, 0.2) is 36.4 Å². The van der Waals surface area contributed by atoms with Gasteiger partial charge in [-0.15, -0.1) is 0 Å². The molecule has 0 amide bonds. The predicted octanol–water partition coefficient (Wildman–Crippen LogP) is 7.45. The third-order valence-electron chi connectivity index (χ3n) is 5.43. The molecular weight excluding hydrogens is 342 g/mol. The minimum atomic E-state index is -0.894. The number of rotatable bonds is 8. The molecule has 3 rings (SSSR count). The van der Waals surface area contributed by atoms with Crippen LogP contribution in [0.3, 0.4) is 0 Å². The van der Waals surface area contributed by atoms with Crippen molar-refractivity contribution in [3.05, 3.63) is 60.0 Å². The predicted molar refractivity (Wildman–Crippen MR) is 107 cm³/mol. The van der Waals surface area contributed by atoms with Crippen molar-refractivity contribution in [2.45, 2.75) is 64.2 Å². The van der Waals surface area contributed by atoms with Crippen LogP contribution in [0, 0.1) is 18.1 Å². The molecule has 0 aromatic heterocycles. The van der Waals surface area contributed by atoms with Gasteiger partial charge in [-0.25, -0.2) is 4.39 Å². The first-order valence-corrected chi connectivity index (χ1v) is 10.2. The zero-order valence-electron chi connectivity index (χ0n) is 16.1. The molecular formula is C24H29F2O. The number of hydrogen-bond acceptors (Lipinski definition) is 1. The van der Waals surface area contributed by atoms with E-state index in [0.29, 0.717) is 18.1 Å². The van der Waals surface area contributed by atoms with Crippen LogP contribution in [0.25, 0.3) is 11.1 Å². The number of hydrogen-bond donors (Lipinski definition) is 0. The molecule has 0 bridgehead atoms. The second-order valence-electron chi connectivity index (χ2n) is 7.41. The van der Waals surface area contributed by atoms with Crippen molar-refractivity contribution in [2.75, 3.05) is 6.61 Å². The number of benzene rings is 2. The Kier molecular flexibility index (Phi) is 7.25. The molecule has 0 atom stereocenters. The average molecular weight is 371 g/mol. The van der Waals surface area contributed by atoms with Crippen LogP contribution in [0.1, 0.15) is 69.8 Å². The maximum Gasteiger partial charge on any atom is 0.201 e. The van der Waals surface area contributed by atoms with E-state index in [2.05, 4.69) is 25.5 Å². The van der Waals surface area contributed by atoms with Gasteiger partial charge in [0.2, 0.25) is 5.82 Å². The molecule has 1 saturated carbocycles. The third kappa shape index (κ3) is 5.09. The highest BCUT2D eigenvalue weighted by Gasteiger charge is 2.18. The van der Waals surface area contributed by atoms with Crippen LogP contribution in [0.5, 0.6) is 5.75 Å². The van der Waals surface area contributed by atoms with E-state index in [0.717, 1.165) is 38.5 Å². The fourth-order valence-electron chi connectivity index (χ4n) is 3.77. The molecule has 0 heterocycles. The average Bonchev–Trinajstić information content (AvgIpc) is 2.72. The maximum absolute atomic E-state index is 14.6. The molecule has 2 aromatic rings. The first-order valence-electron chi connectivity index (χ1n) is 10.2. The monoisotopic (exact) mass is 371 g/mol. The second kappa shape index (κ2) is 9.87. The van der Waals surface area contributed by atoms with Crippen LogP contribution in [0.4, 0.5) is 8.78 Å². The van der Waals surface area contributed by atoms with Crippen LogP contribution in [0.2, 0.25) is 0 Å². The summed E-state index contributed by atoms with van der Waals surface area (Å²) < 4.78 is 34.4. The van der Waals surface area contributed by atoms with Crippen LogP contribution < -0.4 is 4.74 Å². The van der Waals surface area contributed by atoms with Crippen molar-refractivity contribution in [2.24, 2.45) is 0 Å². The van der Waals surface area contributed by atoms with Crippen molar-refractivity contribution in [1.82, 2.24) is 0 Å². The highest BCUT2D eigenvalue weighted by Crippen LogP contribution is 2.34. The van der Waals surface area contributed by atoms with Gasteiger partial charge in [-0.2, -0.15) is 4.39 Å². The molecule has 27 heavy (non-hydrogen) atoms. The minimum absolute atomic E-state index is 0.00262. The first-order chi connectivity index (χ1) is 13.2. The molecule has 0 unspecified atom stereocenters. The summed E-state index contributed by atoms with van der Waals surface area (Å²) in [6.45, 7) is 2.55. The molecule has 1 aliphatic rings. The van der Waals surface area contributed by atoms with E-state index in [4.69, 9.17) is 4.74 Å². The topological polar surface area (TPSA) is 9.23 Å². The van der Waals surface area contributed by atoms with Gasteiger partial charge >= 0.3 is 0 Å². The van der Waals surface area contributed by atoms with E-state index in [-0.39, 0.29) is 11.3 Å². The molecule has 1 radical (unpaired) electrons. The molecule has 1 nitrogen and oxygen atoms in total. The van der Waals surface area contributed by atoms with E-state index in [9.17, 15) is 8.78 Å². The second-order valence-corrected chi connectivity index (χ2v) is 7.41. The lowest BCUT2D eigenvalue weighted by Crippen LogP contribution is -2.04. The van der Waals surface area contributed by atoms with Crippen LogP contribution in [-0.2, 0) is 0 Å². The Labute approximate surface area is 161 Å². The molecule has 0 aliphatic heterocycles. The SMILES string of the molecule is CCCCCCOc1ccc(-c2ccc(C3CC[CH]CC3)cc2)c(F)c1F. The zero-order valence-corrected chi connectivity index (χ0v) is 16.1. The molecule has 1 aliphatic carbocycles. The van der Waals surface area contributed by atoms with E-state index in [1.54, 1.807) is 12.1 Å². The smallest absolute Gasteiger partial charge is 0.201 e. The highest BCUT2D eigenvalue weighted by atomic mass is 19.2. The van der Waals surface area contributed by atoms with E-state index >= 15 is 0 Å². The van der Waals surface area contributed by atoms with Crippen molar-refractivity contribution < 1.29 is 13.5 Å². The normalized spacial score (nSPS) is 15.1. The molecule has 2 aromatic carbocycles. The summed E-state index contributed by atoms with van der Waals surface area (Å²) in [7, 11) is 0. The summed E-state index contributed by atoms with van der Waals surface area (Å²) in [6, 6.07) is 11.1. The van der Waals surface area contributed by atoms with Crippen molar-refractivity contribution in [3.63, 3.8) is 0 Å². The van der Waals surface area contributed by atoms with Gasteiger partial charge in [0, 0.05) is 5.56 Å². The molecule has 0 spiro atoms. The van der Waals surface area contributed by atoms with Gasteiger partial charge in [0.05, 0.1) is 6.61 Å². The van der Waals surface area contributed by atoms with E-state index in [1.807, 2.05) is 12.1 Å². The molecule has 1 fully saturated rings. The van der Waals surface area contributed by atoms with Gasteiger partial charge in [0.15, 0.2) is 11.6 Å². The Morgan fingerprint density at radius 3 is 2.33 bits per heavy atom. The maximum atomic E-state index is 14.6. The summed E-state index contributed by atoms with van der Waals surface area (Å²) in [5.41, 5.74) is 2.28. The Balaban J connectivity index is 1.68. The van der Waals surface area contributed by atoms with Crippen molar-refractivity contribution >= 4 is 0 Å². The standard InChI is InChI=1S/C24H29F2O/c1-2-3-4-8-17-27-22-16-15-21(23(25)24(22)26)20-13-11-19(12-14-20)18-9-6-5-7-10-18/h5,11-16,18H,2-4,6-10,17H2,1H3. The lowest BCUT2D eigenvalue weighted by atomic mass is 9.83. The summed E-state index contributed by atoms with van der Waals surface area (Å²) >= 11 is 0. The molecule has 145 valence electrons. The van der Waals surface area contributed by atoms with Gasteiger partial charge in [-0.3, -0.25) is 0 Å². The van der Waals surface area contributed by atoms with Crippen molar-refractivity contribution in [1.29, 1.82) is 0 Å². The van der Waals surface area contributed by atoms with Crippen LogP contribution in [-0.4, -0.2) is 6.61 Å². The van der Waals surface area contributed by atoms with Gasteiger partial charge in [-0.1, -0.05) is 50.5 Å². The zero-order chi connectivity index (χ0) is 19.1. The third-order valence-corrected chi connectivity index (χ3v) is 5.43. The minimum Gasteiger partial charge on any atom is -0.490 e. The quantitative estimate of drug-likeness (QED) is 0.438. The van der Waals surface area contributed by atoms with Crippen molar-refractivity contribution in [3.8, 4) is 16.9 Å². The largest absolute Gasteiger partial charge is 0.490 e. The first kappa shape index (κ1) is 19.9. The summed E-state index contributed by atoms with van der Waals surface area (Å²) in [5, 5.41) is 0.